The SMILES string of the molecule is COc1cc(-c2cc(=O)n3cc([C@]4(O)CCN(C(=O)OC(C)(C)C)C[C@H]4F)sc3n2)nn2cc(C)nc12. The minimum Gasteiger partial charge on any atom is -0.493 e. The number of fused-ring (bicyclic) bond motifs is 2. The number of thiazole rings is 1. The van der Waals surface area contributed by atoms with E-state index < -0.39 is 29.0 Å². The lowest BCUT2D eigenvalue weighted by Gasteiger charge is -2.40. The molecule has 1 saturated heterocycles. The smallest absolute Gasteiger partial charge is 0.410 e. The van der Waals surface area contributed by atoms with E-state index in [0.29, 0.717) is 22.8 Å². The van der Waals surface area contributed by atoms with Crippen molar-refractivity contribution in [3.63, 3.8) is 0 Å². The standard InChI is InChI=1S/C24H27FN6O5S/c1-13-10-31-20(26-13)16(35-5)8-15(28-31)14-9-19(32)30-12-18(37-21(30)27-14)24(34)6-7-29(11-17(24)25)22(33)36-23(2,3)4/h8-10,12,17,34H,6-7,11H2,1-5H3/t17-,24+/m1/s1. The van der Waals surface area contributed by atoms with Gasteiger partial charge in [-0.3, -0.25) is 9.20 Å². The third-order valence-electron chi connectivity index (χ3n) is 6.10. The maximum atomic E-state index is 15.3. The summed E-state index contributed by atoms with van der Waals surface area (Å²) in [6.45, 7) is 6.79. The fourth-order valence-corrected chi connectivity index (χ4v) is 5.39. The first-order chi connectivity index (χ1) is 17.4. The topological polar surface area (TPSA) is 124 Å². The summed E-state index contributed by atoms with van der Waals surface area (Å²) in [6.07, 6.45) is 0.665. The van der Waals surface area contributed by atoms with Gasteiger partial charge in [0.25, 0.3) is 5.56 Å². The number of piperidine rings is 1. The van der Waals surface area contributed by atoms with E-state index in [1.54, 1.807) is 37.5 Å². The van der Waals surface area contributed by atoms with Crippen LogP contribution >= 0.6 is 11.3 Å². The highest BCUT2D eigenvalue weighted by molar-refractivity contribution is 7.17. The monoisotopic (exact) mass is 530 g/mol. The number of nitrogens with zero attached hydrogens (tertiary/aromatic N) is 6. The molecule has 37 heavy (non-hydrogen) atoms. The summed E-state index contributed by atoms with van der Waals surface area (Å²) >= 11 is 1.02. The van der Waals surface area contributed by atoms with Crippen molar-refractivity contribution >= 4 is 28.0 Å². The number of rotatable bonds is 3. The van der Waals surface area contributed by atoms with E-state index in [0.717, 1.165) is 17.0 Å². The van der Waals surface area contributed by atoms with Crippen molar-refractivity contribution in [2.24, 2.45) is 0 Å². The maximum absolute atomic E-state index is 15.3. The minimum atomic E-state index is -1.88. The normalized spacial score (nSPS) is 20.5. The second-order valence-electron chi connectivity index (χ2n) is 10.0. The van der Waals surface area contributed by atoms with Crippen LogP contribution in [0.25, 0.3) is 22.0 Å². The van der Waals surface area contributed by atoms with Crippen LogP contribution in [0.3, 0.4) is 0 Å². The molecule has 1 amide bonds. The van der Waals surface area contributed by atoms with E-state index in [9.17, 15) is 14.7 Å². The number of alkyl halides is 1. The van der Waals surface area contributed by atoms with Gasteiger partial charge in [-0.25, -0.2) is 23.7 Å². The molecule has 196 valence electrons. The molecule has 4 aromatic rings. The third-order valence-corrected chi connectivity index (χ3v) is 7.25. The van der Waals surface area contributed by atoms with E-state index in [1.807, 2.05) is 6.92 Å². The summed E-state index contributed by atoms with van der Waals surface area (Å²) in [4.78, 5) is 36.0. The van der Waals surface area contributed by atoms with E-state index in [2.05, 4.69) is 15.1 Å². The van der Waals surface area contributed by atoms with Crippen molar-refractivity contribution in [1.29, 1.82) is 0 Å². The molecule has 0 aromatic carbocycles. The van der Waals surface area contributed by atoms with Crippen molar-refractivity contribution in [2.75, 3.05) is 20.2 Å². The van der Waals surface area contributed by atoms with Gasteiger partial charge in [0.1, 0.15) is 16.9 Å². The zero-order valence-electron chi connectivity index (χ0n) is 21.1. The van der Waals surface area contributed by atoms with Gasteiger partial charge in [0.15, 0.2) is 22.5 Å². The largest absolute Gasteiger partial charge is 0.493 e. The molecule has 1 N–H and O–H groups in total. The highest BCUT2D eigenvalue weighted by Crippen LogP contribution is 2.39. The summed E-state index contributed by atoms with van der Waals surface area (Å²) in [6, 6.07) is 2.97. The van der Waals surface area contributed by atoms with Crippen molar-refractivity contribution < 1.29 is 23.8 Å². The number of aliphatic hydroxyl groups is 1. The lowest BCUT2D eigenvalue weighted by Crippen LogP contribution is -2.53. The Bertz CT molecular complexity index is 1570. The predicted molar refractivity (Wildman–Crippen MR) is 134 cm³/mol. The Morgan fingerprint density at radius 3 is 2.68 bits per heavy atom. The molecule has 0 aliphatic carbocycles. The first kappa shape index (κ1) is 25.1. The van der Waals surface area contributed by atoms with Gasteiger partial charge in [0.2, 0.25) is 0 Å². The van der Waals surface area contributed by atoms with Crippen LogP contribution in [-0.2, 0) is 10.3 Å². The molecule has 0 saturated carbocycles. The molecule has 0 radical (unpaired) electrons. The van der Waals surface area contributed by atoms with Gasteiger partial charge in [0, 0.05) is 31.3 Å². The van der Waals surface area contributed by atoms with Gasteiger partial charge in [-0.1, -0.05) is 11.3 Å². The van der Waals surface area contributed by atoms with Crippen molar-refractivity contribution in [3.05, 3.63) is 45.5 Å². The summed E-state index contributed by atoms with van der Waals surface area (Å²) in [5, 5.41) is 15.8. The average Bonchev–Trinajstić information content (AvgIpc) is 3.42. The number of aryl methyl sites for hydroxylation is 1. The number of imidazole rings is 1. The molecule has 1 aliphatic heterocycles. The molecule has 0 spiro atoms. The van der Waals surface area contributed by atoms with Crippen molar-refractivity contribution in [2.45, 2.75) is 51.5 Å². The zero-order chi connectivity index (χ0) is 26.7. The molecule has 4 aromatic heterocycles. The van der Waals surface area contributed by atoms with E-state index in [-0.39, 0.29) is 29.3 Å². The summed E-state index contributed by atoms with van der Waals surface area (Å²) in [5.74, 6) is 0.471. The van der Waals surface area contributed by atoms with Crippen LogP contribution < -0.4 is 10.3 Å². The van der Waals surface area contributed by atoms with Crippen molar-refractivity contribution in [3.8, 4) is 17.1 Å². The first-order valence-corrected chi connectivity index (χ1v) is 12.5. The van der Waals surface area contributed by atoms with Gasteiger partial charge < -0.3 is 19.5 Å². The molecule has 5 rings (SSSR count). The minimum absolute atomic E-state index is 0.0583. The first-order valence-electron chi connectivity index (χ1n) is 11.7. The molecular weight excluding hydrogens is 503 g/mol. The Kier molecular flexibility index (Phi) is 5.94. The number of likely N-dealkylation sites (tertiary alicyclic amines) is 1. The van der Waals surface area contributed by atoms with Gasteiger partial charge in [-0.2, -0.15) is 5.10 Å². The number of aromatic nitrogens is 5. The second kappa shape index (κ2) is 8.77. The van der Waals surface area contributed by atoms with E-state index in [1.165, 1.54) is 28.7 Å². The van der Waals surface area contributed by atoms with Crippen LogP contribution in [0.5, 0.6) is 5.75 Å². The molecule has 1 fully saturated rings. The maximum Gasteiger partial charge on any atom is 0.410 e. The quantitative estimate of drug-likeness (QED) is 0.429. The molecule has 0 unspecified atom stereocenters. The Morgan fingerprint density at radius 1 is 1.24 bits per heavy atom. The Hall–Kier alpha value is -3.58. The number of hydrogen-bond donors (Lipinski definition) is 1. The fraction of sp³-hybridized carbons (Fsp3) is 0.458. The molecule has 13 heteroatoms. The summed E-state index contributed by atoms with van der Waals surface area (Å²) < 4.78 is 28.9. The highest BCUT2D eigenvalue weighted by Gasteiger charge is 2.46. The number of methoxy groups -OCH3 is 1. The Morgan fingerprint density at radius 2 is 2.00 bits per heavy atom. The van der Waals surface area contributed by atoms with Gasteiger partial charge in [-0.05, 0) is 27.7 Å². The van der Waals surface area contributed by atoms with E-state index in [4.69, 9.17) is 9.47 Å². The van der Waals surface area contributed by atoms with Gasteiger partial charge in [0.05, 0.1) is 36.1 Å². The molecule has 11 nitrogen and oxygen atoms in total. The summed E-state index contributed by atoms with van der Waals surface area (Å²) in [7, 11) is 1.52. The highest BCUT2D eigenvalue weighted by atomic mass is 32.1. The number of carbonyl (C=O) groups excluding carboxylic acids is 1. The van der Waals surface area contributed by atoms with Crippen LogP contribution in [0.15, 0.2) is 29.3 Å². The number of hydrogen-bond acceptors (Lipinski definition) is 9. The zero-order valence-corrected chi connectivity index (χ0v) is 21.9. The Labute approximate surface area is 215 Å². The predicted octanol–water partition coefficient (Wildman–Crippen LogP) is 2.95. The van der Waals surface area contributed by atoms with E-state index >= 15 is 4.39 Å². The molecule has 2 atom stereocenters. The van der Waals surface area contributed by atoms with Crippen LogP contribution in [0.2, 0.25) is 0 Å². The lowest BCUT2D eigenvalue weighted by molar-refractivity contribution is -0.0886. The van der Waals surface area contributed by atoms with Crippen LogP contribution in [0.4, 0.5) is 9.18 Å². The Balaban J connectivity index is 1.48. The van der Waals surface area contributed by atoms with Gasteiger partial charge >= 0.3 is 6.09 Å². The van der Waals surface area contributed by atoms with Gasteiger partial charge in [-0.15, -0.1) is 0 Å². The summed E-state index contributed by atoms with van der Waals surface area (Å²) in [5.41, 5.74) is -1.02. The van der Waals surface area contributed by atoms with Crippen LogP contribution in [-0.4, -0.2) is 72.1 Å². The molecular formula is C24H27FN6O5S. The average molecular weight is 531 g/mol. The van der Waals surface area contributed by atoms with Crippen LogP contribution in [0.1, 0.15) is 37.8 Å². The third kappa shape index (κ3) is 4.53. The number of carbonyl (C=O) groups is 1. The molecule has 0 bridgehead atoms. The van der Waals surface area contributed by atoms with Crippen LogP contribution in [0, 0.1) is 6.92 Å². The number of ether oxygens (including phenoxy) is 2. The molecule has 5 heterocycles. The number of amides is 1. The second-order valence-corrected chi connectivity index (χ2v) is 11.1. The lowest BCUT2D eigenvalue weighted by atomic mass is 9.88. The fourth-order valence-electron chi connectivity index (χ4n) is 4.24. The number of halogens is 1. The van der Waals surface area contributed by atoms with Crippen molar-refractivity contribution in [1.82, 2.24) is 28.9 Å². The molecule has 1 aliphatic rings.